The zero-order valence-electron chi connectivity index (χ0n) is 16.3. The van der Waals surface area contributed by atoms with Crippen molar-refractivity contribution in [3.8, 4) is 0 Å². The number of carboxylic acid groups (broad SMARTS) is 1. The number of aryl methyl sites for hydroxylation is 1. The average molecular weight is 383 g/mol. The molecule has 0 unspecified atom stereocenters. The number of hydrogen-bond acceptors (Lipinski definition) is 5. The summed E-state index contributed by atoms with van der Waals surface area (Å²) >= 11 is 0. The second-order valence-corrected chi connectivity index (χ2v) is 8.05. The van der Waals surface area contributed by atoms with Crippen LogP contribution >= 0.6 is 0 Å². The molecule has 1 aromatic rings. The molecule has 152 valence electrons. The molecule has 2 rings (SSSR count). The molecule has 0 atom stereocenters. The van der Waals surface area contributed by atoms with Crippen LogP contribution in [0.5, 0.6) is 0 Å². The summed E-state index contributed by atoms with van der Waals surface area (Å²) in [6, 6.07) is 0.0427. The highest BCUT2D eigenvalue weighted by Crippen LogP contribution is 2.24. The van der Waals surface area contributed by atoms with E-state index < -0.39 is 23.1 Å². The fourth-order valence-corrected chi connectivity index (χ4v) is 3.65. The normalized spacial score (nSPS) is 16.4. The maximum absolute atomic E-state index is 13.4. The van der Waals surface area contributed by atoms with Gasteiger partial charge in [-0.15, -0.1) is 0 Å². The molecule has 1 aromatic heterocycles. The Bertz CT molecular complexity index is 708. The predicted octanol–water partition coefficient (Wildman–Crippen LogP) is 1.99. The van der Waals surface area contributed by atoms with E-state index in [2.05, 4.69) is 9.88 Å². The third-order valence-corrected chi connectivity index (χ3v) is 4.95. The van der Waals surface area contributed by atoms with Gasteiger partial charge in [0.2, 0.25) is 0 Å². The quantitative estimate of drug-likeness (QED) is 0.728. The number of anilines is 1. The highest BCUT2D eigenvalue weighted by Gasteiger charge is 2.34. The third-order valence-electron chi connectivity index (χ3n) is 4.95. The molecule has 0 saturated carbocycles. The number of rotatable bonds is 6. The maximum atomic E-state index is 13.4. The van der Waals surface area contributed by atoms with Crippen molar-refractivity contribution in [1.29, 1.82) is 0 Å². The van der Waals surface area contributed by atoms with Crippen LogP contribution in [0.3, 0.4) is 0 Å². The first-order chi connectivity index (χ1) is 12.6. The van der Waals surface area contributed by atoms with Crippen LogP contribution in [0, 0.1) is 5.82 Å². The lowest BCUT2D eigenvalue weighted by Gasteiger charge is -2.43. The lowest BCUT2D eigenvalue weighted by Crippen LogP contribution is -2.54. The number of nitrogen functional groups attached to an aromatic ring is 1. The minimum absolute atomic E-state index is 0.0427. The summed E-state index contributed by atoms with van der Waals surface area (Å²) in [4.78, 5) is 30.6. The molecule has 0 bridgehead atoms. The molecule has 1 amide bonds. The standard InChI is InChI=1S/C18H30FN5O3/c1-18(2,3)24(17(26)27)13-6-10-22(11-7-13)8-4-5-9-23-12-14(19)15(20)21-16(23)25/h12-13H,4-11H2,1-3H3,(H,26,27)(H2,20,21,25). The number of carbonyl (C=O) groups is 1. The lowest BCUT2D eigenvalue weighted by molar-refractivity contribution is 0.0419. The van der Waals surface area contributed by atoms with Crippen LogP contribution in [0.1, 0.15) is 46.5 Å². The monoisotopic (exact) mass is 383 g/mol. The van der Waals surface area contributed by atoms with E-state index in [-0.39, 0.29) is 11.9 Å². The molecule has 1 saturated heterocycles. The highest BCUT2D eigenvalue weighted by atomic mass is 19.1. The molecule has 9 heteroatoms. The molecule has 3 N–H and O–H groups in total. The van der Waals surface area contributed by atoms with Crippen molar-refractivity contribution in [3.05, 3.63) is 22.5 Å². The van der Waals surface area contributed by atoms with Crippen molar-refractivity contribution >= 4 is 11.9 Å². The number of nitrogens with two attached hydrogens (primary N) is 1. The van der Waals surface area contributed by atoms with Crippen molar-refractivity contribution in [3.63, 3.8) is 0 Å². The van der Waals surface area contributed by atoms with Gasteiger partial charge in [0, 0.05) is 37.4 Å². The molecule has 1 aliphatic heterocycles. The van der Waals surface area contributed by atoms with Crippen LogP contribution in [0.15, 0.2) is 11.0 Å². The summed E-state index contributed by atoms with van der Waals surface area (Å²) in [5.74, 6) is -1.05. The Morgan fingerprint density at radius 1 is 1.33 bits per heavy atom. The summed E-state index contributed by atoms with van der Waals surface area (Å²) in [6.07, 6.45) is 3.46. The van der Waals surface area contributed by atoms with Gasteiger partial charge in [-0.3, -0.25) is 4.57 Å². The molecule has 1 fully saturated rings. The number of unbranched alkanes of at least 4 members (excludes halogenated alkanes) is 1. The van der Waals surface area contributed by atoms with Gasteiger partial charge in [0.05, 0.1) is 0 Å². The van der Waals surface area contributed by atoms with Gasteiger partial charge in [-0.1, -0.05) is 0 Å². The van der Waals surface area contributed by atoms with E-state index >= 15 is 0 Å². The first kappa shape index (κ1) is 21.1. The van der Waals surface area contributed by atoms with Crippen LogP contribution in [-0.4, -0.2) is 61.8 Å². The molecular formula is C18H30FN5O3. The Hall–Kier alpha value is -2.16. The van der Waals surface area contributed by atoms with Crippen LogP contribution in [0.25, 0.3) is 0 Å². The molecule has 0 aromatic carbocycles. The number of likely N-dealkylation sites (tertiary alicyclic amines) is 1. The van der Waals surface area contributed by atoms with Gasteiger partial charge in [-0.05, 0) is 53.0 Å². The number of halogens is 1. The molecular weight excluding hydrogens is 353 g/mol. The first-order valence-electron chi connectivity index (χ1n) is 9.36. The Morgan fingerprint density at radius 3 is 2.48 bits per heavy atom. The zero-order chi connectivity index (χ0) is 20.2. The highest BCUT2D eigenvalue weighted by molar-refractivity contribution is 5.66. The molecule has 0 spiro atoms. The van der Waals surface area contributed by atoms with Gasteiger partial charge >= 0.3 is 11.8 Å². The molecule has 27 heavy (non-hydrogen) atoms. The largest absolute Gasteiger partial charge is 0.465 e. The van der Waals surface area contributed by atoms with Crippen molar-refractivity contribution in [1.82, 2.24) is 19.4 Å². The number of piperidine rings is 1. The van der Waals surface area contributed by atoms with E-state index in [9.17, 15) is 19.1 Å². The summed E-state index contributed by atoms with van der Waals surface area (Å²) in [6.45, 7) is 8.73. The molecule has 2 heterocycles. The van der Waals surface area contributed by atoms with E-state index in [0.717, 1.165) is 51.5 Å². The van der Waals surface area contributed by atoms with Crippen LogP contribution in [0.4, 0.5) is 15.0 Å². The molecule has 0 radical (unpaired) electrons. The number of nitrogens with zero attached hydrogens (tertiary/aromatic N) is 4. The van der Waals surface area contributed by atoms with Gasteiger partial charge in [-0.25, -0.2) is 14.0 Å². The van der Waals surface area contributed by atoms with Crippen molar-refractivity contribution < 1.29 is 14.3 Å². The number of hydrogen-bond donors (Lipinski definition) is 2. The van der Waals surface area contributed by atoms with Crippen molar-refractivity contribution in [2.45, 2.75) is 64.6 Å². The van der Waals surface area contributed by atoms with Gasteiger partial charge in [-0.2, -0.15) is 4.98 Å². The van der Waals surface area contributed by atoms with E-state index in [1.807, 2.05) is 20.8 Å². The van der Waals surface area contributed by atoms with E-state index in [0.29, 0.717) is 6.54 Å². The minimum Gasteiger partial charge on any atom is -0.465 e. The number of amides is 1. The lowest BCUT2D eigenvalue weighted by atomic mass is 9.97. The topological polar surface area (TPSA) is 105 Å². The van der Waals surface area contributed by atoms with Gasteiger partial charge in [0.1, 0.15) is 0 Å². The fourth-order valence-electron chi connectivity index (χ4n) is 3.65. The van der Waals surface area contributed by atoms with E-state index in [4.69, 9.17) is 5.73 Å². The van der Waals surface area contributed by atoms with Gasteiger partial charge in [0.25, 0.3) is 0 Å². The molecule has 8 nitrogen and oxygen atoms in total. The minimum atomic E-state index is -0.865. The predicted molar refractivity (Wildman–Crippen MR) is 101 cm³/mol. The SMILES string of the molecule is CC(C)(C)N(C(=O)O)C1CCN(CCCCn2cc(F)c(N)nc2=O)CC1. The Morgan fingerprint density at radius 2 is 1.93 bits per heavy atom. The first-order valence-corrected chi connectivity index (χ1v) is 9.36. The zero-order valence-corrected chi connectivity index (χ0v) is 16.3. The fraction of sp³-hybridized carbons (Fsp3) is 0.722. The van der Waals surface area contributed by atoms with Crippen LogP contribution < -0.4 is 11.4 Å². The summed E-state index contributed by atoms with van der Waals surface area (Å²) in [5.41, 5.74) is 4.33. The average Bonchev–Trinajstić information content (AvgIpc) is 2.56. The number of aromatic nitrogens is 2. The van der Waals surface area contributed by atoms with Crippen molar-refractivity contribution in [2.24, 2.45) is 0 Å². The molecule has 1 aliphatic rings. The van der Waals surface area contributed by atoms with Gasteiger partial charge in [0.15, 0.2) is 11.6 Å². The third kappa shape index (κ3) is 5.66. The maximum Gasteiger partial charge on any atom is 0.407 e. The Balaban J connectivity index is 1.76. The van der Waals surface area contributed by atoms with Gasteiger partial charge < -0.3 is 20.6 Å². The summed E-state index contributed by atoms with van der Waals surface area (Å²) in [7, 11) is 0. The smallest absolute Gasteiger partial charge is 0.407 e. The van der Waals surface area contributed by atoms with E-state index in [1.54, 1.807) is 4.90 Å². The molecule has 0 aliphatic carbocycles. The Kier molecular flexibility index (Phi) is 6.80. The summed E-state index contributed by atoms with van der Waals surface area (Å²) < 4.78 is 14.6. The Labute approximate surface area is 158 Å². The van der Waals surface area contributed by atoms with E-state index in [1.165, 1.54) is 4.57 Å². The van der Waals surface area contributed by atoms with Crippen LogP contribution in [-0.2, 0) is 6.54 Å². The summed E-state index contributed by atoms with van der Waals surface area (Å²) in [5, 5.41) is 9.51. The van der Waals surface area contributed by atoms with Crippen LogP contribution in [0.2, 0.25) is 0 Å². The van der Waals surface area contributed by atoms with Crippen molar-refractivity contribution in [2.75, 3.05) is 25.4 Å². The second-order valence-electron chi connectivity index (χ2n) is 8.05. The second kappa shape index (κ2) is 8.69.